The fourth-order valence-electron chi connectivity index (χ4n) is 2.53. The zero-order valence-electron chi connectivity index (χ0n) is 11.4. The Kier molecular flexibility index (Phi) is 4.01. The average Bonchev–Trinajstić information content (AvgIpc) is 2.52. The highest BCUT2D eigenvalue weighted by Crippen LogP contribution is 2.18. The van der Waals surface area contributed by atoms with E-state index in [1.807, 2.05) is 24.9 Å². The molecule has 2 N–H and O–H groups in total. The molecule has 5 heteroatoms. The first-order chi connectivity index (χ1) is 8.58. The van der Waals surface area contributed by atoms with Gasteiger partial charge in [-0.2, -0.15) is 5.10 Å². The van der Waals surface area contributed by atoms with E-state index in [1.165, 1.54) is 0 Å². The average molecular weight is 250 g/mol. The quantitative estimate of drug-likeness (QED) is 0.843. The second kappa shape index (κ2) is 5.52. The van der Waals surface area contributed by atoms with Gasteiger partial charge in [-0.1, -0.05) is 0 Å². The van der Waals surface area contributed by atoms with E-state index in [1.54, 1.807) is 0 Å². The number of amides is 1. The number of carbonyl (C=O) groups excluding carboxylic acids is 1. The van der Waals surface area contributed by atoms with Gasteiger partial charge in [0.15, 0.2) is 0 Å². The highest BCUT2D eigenvalue weighted by Gasteiger charge is 2.23. The predicted octanol–water partition coefficient (Wildman–Crippen LogP) is 1.05. The molecule has 100 valence electrons. The van der Waals surface area contributed by atoms with Crippen molar-refractivity contribution in [3.63, 3.8) is 0 Å². The van der Waals surface area contributed by atoms with E-state index in [0.717, 1.165) is 37.1 Å². The van der Waals surface area contributed by atoms with E-state index in [4.69, 9.17) is 0 Å². The molecule has 1 amide bonds. The van der Waals surface area contributed by atoms with Crippen molar-refractivity contribution >= 4 is 5.91 Å². The van der Waals surface area contributed by atoms with Gasteiger partial charge in [0.25, 0.3) is 0 Å². The number of aromatic nitrogens is 2. The summed E-state index contributed by atoms with van der Waals surface area (Å²) in [4.78, 5) is 11.9. The van der Waals surface area contributed by atoms with Crippen molar-refractivity contribution in [1.82, 2.24) is 20.4 Å². The predicted molar refractivity (Wildman–Crippen MR) is 70.1 cm³/mol. The lowest BCUT2D eigenvalue weighted by molar-refractivity contribution is -0.123. The van der Waals surface area contributed by atoms with Gasteiger partial charge in [0, 0.05) is 31.4 Å². The molecule has 18 heavy (non-hydrogen) atoms. The molecule has 0 aliphatic carbocycles. The molecule has 2 rings (SSSR count). The number of carbonyl (C=O) groups is 1. The Hall–Kier alpha value is -1.36. The van der Waals surface area contributed by atoms with E-state index in [9.17, 15) is 4.79 Å². The van der Waals surface area contributed by atoms with Gasteiger partial charge < -0.3 is 5.32 Å². The van der Waals surface area contributed by atoms with Crippen molar-refractivity contribution in [2.24, 2.45) is 7.05 Å². The summed E-state index contributed by atoms with van der Waals surface area (Å²) >= 11 is 0. The van der Waals surface area contributed by atoms with Crippen LogP contribution in [0, 0.1) is 6.92 Å². The van der Waals surface area contributed by atoms with Crippen LogP contribution in [0.4, 0.5) is 0 Å². The molecular weight excluding hydrogens is 228 g/mol. The van der Waals surface area contributed by atoms with Gasteiger partial charge in [0.2, 0.25) is 5.91 Å². The highest BCUT2D eigenvalue weighted by atomic mass is 16.2. The van der Waals surface area contributed by atoms with Crippen molar-refractivity contribution in [1.29, 1.82) is 0 Å². The van der Waals surface area contributed by atoms with Gasteiger partial charge in [-0.05, 0) is 33.1 Å². The second-order valence-corrected chi connectivity index (χ2v) is 5.07. The monoisotopic (exact) mass is 250 g/mol. The zero-order valence-corrected chi connectivity index (χ0v) is 11.4. The summed E-state index contributed by atoms with van der Waals surface area (Å²) in [5.74, 6) is 0.126. The minimum Gasteiger partial charge on any atom is -0.355 e. The molecule has 0 aromatic carbocycles. The Labute approximate surface area is 108 Å². The molecule has 0 bridgehead atoms. The number of hydrogen-bond acceptors (Lipinski definition) is 3. The molecule has 2 unspecified atom stereocenters. The van der Waals surface area contributed by atoms with Crippen LogP contribution in [0.25, 0.3) is 0 Å². The summed E-state index contributed by atoms with van der Waals surface area (Å²) in [6, 6.07) is 0.0645. The Balaban J connectivity index is 2.03. The van der Waals surface area contributed by atoms with Gasteiger partial charge in [-0.25, -0.2) is 0 Å². The fourth-order valence-corrected chi connectivity index (χ4v) is 2.53. The molecule has 1 aromatic heterocycles. The van der Waals surface area contributed by atoms with Crippen molar-refractivity contribution < 1.29 is 4.79 Å². The number of nitrogens with zero attached hydrogens (tertiary/aromatic N) is 2. The Morgan fingerprint density at radius 1 is 1.56 bits per heavy atom. The largest absolute Gasteiger partial charge is 0.355 e. The van der Waals surface area contributed by atoms with Crippen molar-refractivity contribution in [3.05, 3.63) is 17.5 Å². The summed E-state index contributed by atoms with van der Waals surface area (Å²) in [5.41, 5.74) is 2.18. The Morgan fingerprint density at radius 3 is 3.00 bits per heavy atom. The SMILES string of the molecule is Cc1nn(C)cc1C(C)NC1CCCCNC1=O. The molecule has 1 aliphatic rings. The maximum Gasteiger partial charge on any atom is 0.237 e. The Bertz CT molecular complexity index is 427. The summed E-state index contributed by atoms with van der Waals surface area (Å²) in [6.45, 7) is 4.89. The van der Waals surface area contributed by atoms with Crippen molar-refractivity contribution in [3.8, 4) is 0 Å². The van der Waals surface area contributed by atoms with Gasteiger partial charge in [-0.15, -0.1) is 0 Å². The van der Waals surface area contributed by atoms with Crippen LogP contribution < -0.4 is 10.6 Å². The van der Waals surface area contributed by atoms with Crippen LogP contribution in [0.3, 0.4) is 0 Å². The third-order valence-electron chi connectivity index (χ3n) is 3.50. The van der Waals surface area contributed by atoms with Gasteiger partial charge in [0.05, 0.1) is 11.7 Å². The first-order valence-corrected chi connectivity index (χ1v) is 6.62. The van der Waals surface area contributed by atoms with E-state index < -0.39 is 0 Å². The number of hydrogen-bond donors (Lipinski definition) is 2. The molecule has 5 nitrogen and oxygen atoms in total. The van der Waals surface area contributed by atoms with E-state index >= 15 is 0 Å². The topological polar surface area (TPSA) is 59.0 Å². The molecule has 0 radical (unpaired) electrons. The molecule has 0 saturated carbocycles. The van der Waals surface area contributed by atoms with Crippen LogP contribution in [-0.2, 0) is 11.8 Å². The minimum atomic E-state index is -0.0814. The van der Waals surface area contributed by atoms with Crippen LogP contribution in [0.15, 0.2) is 6.20 Å². The number of nitrogens with one attached hydrogen (secondary N) is 2. The van der Waals surface area contributed by atoms with E-state index in [-0.39, 0.29) is 18.0 Å². The van der Waals surface area contributed by atoms with Crippen LogP contribution in [-0.4, -0.2) is 28.3 Å². The molecule has 1 aromatic rings. The van der Waals surface area contributed by atoms with Crippen LogP contribution in [0.5, 0.6) is 0 Å². The minimum absolute atomic E-state index is 0.0814. The third-order valence-corrected chi connectivity index (χ3v) is 3.50. The zero-order chi connectivity index (χ0) is 13.1. The first kappa shape index (κ1) is 13.1. The molecule has 2 heterocycles. The summed E-state index contributed by atoms with van der Waals surface area (Å²) in [7, 11) is 1.92. The summed E-state index contributed by atoms with van der Waals surface area (Å²) < 4.78 is 1.82. The van der Waals surface area contributed by atoms with Gasteiger partial charge >= 0.3 is 0 Å². The second-order valence-electron chi connectivity index (χ2n) is 5.07. The lowest BCUT2D eigenvalue weighted by Gasteiger charge is -2.20. The molecule has 1 saturated heterocycles. The number of aryl methyl sites for hydroxylation is 2. The molecule has 2 atom stereocenters. The smallest absolute Gasteiger partial charge is 0.237 e. The third kappa shape index (κ3) is 2.90. The van der Waals surface area contributed by atoms with Crippen molar-refractivity contribution in [2.75, 3.05) is 6.54 Å². The first-order valence-electron chi connectivity index (χ1n) is 6.62. The lowest BCUT2D eigenvalue weighted by Crippen LogP contribution is -2.43. The van der Waals surface area contributed by atoms with Crippen LogP contribution >= 0.6 is 0 Å². The number of rotatable bonds is 3. The lowest BCUT2D eigenvalue weighted by atomic mass is 10.1. The molecule has 0 spiro atoms. The molecule has 1 fully saturated rings. The molecule has 1 aliphatic heterocycles. The highest BCUT2D eigenvalue weighted by molar-refractivity contribution is 5.81. The summed E-state index contributed by atoms with van der Waals surface area (Å²) in [5, 5.41) is 10.7. The standard InChI is InChI=1S/C13H22N4O/c1-9(11-8-17(3)16-10(11)2)15-12-6-4-5-7-14-13(12)18/h8-9,12,15H,4-7H2,1-3H3,(H,14,18). The Morgan fingerprint density at radius 2 is 2.33 bits per heavy atom. The van der Waals surface area contributed by atoms with Crippen LogP contribution in [0.2, 0.25) is 0 Å². The van der Waals surface area contributed by atoms with Gasteiger partial charge in [-0.3, -0.25) is 14.8 Å². The van der Waals surface area contributed by atoms with E-state index in [0.29, 0.717) is 0 Å². The normalized spacial score (nSPS) is 22.4. The van der Waals surface area contributed by atoms with E-state index in [2.05, 4.69) is 22.7 Å². The fraction of sp³-hybridized carbons (Fsp3) is 0.692. The summed E-state index contributed by atoms with van der Waals surface area (Å²) in [6.07, 6.45) is 5.09. The van der Waals surface area contributed by atoms with Crippen molar-refractivity contribution in [2.45, 2.75) is 45.2 Å². The maximum absolute atomic E-state index is 11.9. The van der Waals surface area contributed by atoms with Gasteiger partial charge in [0.1, 0.15) is 0 Å². The maximum atomic E-state index is 11.9. The van der Waals surface area contributed by atoms with Crippen LogP contribution in [0.1, 0.15) is 43.5 Å². The molecular formula is C13H22N4O.